The molecule has 2 rings (SSSR count). The third kappa shape index (κ3) is 3.30. The lowest BCUT2D eigenvalue weighted by molar-refractivity contribution is 0.643. The predicted octanol–water partition coefficient (Wildman–Crippen LogP) is 3.35. The van der Waals surface area contributed by atoms with Crippen molar-refractivity contribution in [2.45, 2.75) is 33.7 Å². The van der Waals surface area contributed by atoms with Crippen molar-refractivity contribution >= 4 is 5.71 Å². The smallest absolute Gasteiger partial charge is 0.0666 e. The summed E-state index contributed by atoms with van der Waals surface area (Å²) in [6.07, 6.45) is 1.11. The van der Waals surface area contributed by atoms with Gasteiger partial charge in [-0.3, -0.25) is 4.99 Å². The molecule has 1 aliphatic rings. The van der Waals surface area contributed by atoms with Gasteiger partial charge in [-0.1, -0.05) is 32.6 Å². The maximum Gasteiger partial charge on any atom is 0.0666 e. The van der Waals surface area contributed by atoms with Crippen molar-refractivity contribution in [2.24, 2.45) is 4.99 Å². The normalized spacial score (nSPS) is 14.3. The van der Waals surface area contributed by atoms with Gasteiger partial charge in [0.25, 0.3) is 0 Å². The summed E-state index contributed by atoms with van der Waals surface area (Å²) >= 11 is 0. The molecule has 1 aromatic rings. The third-order valence-corrected chi connectivity index (χ3v) is 2.99. The highest BCUT2D eigenvalue weighted by Crippen LogP contribution is 2.18. The Labute approximate surface area is 111 Å². The first-order valence-corrected chi connectivity index (χ1v) is 6.68. The number of aliphatic imine (C=N–C) groups is 1. The van der Waals surface area contributed by atoms with E-state index in [1.807, 2.05) is 27.8 Å². The largest absolute Gasteiger partial charge is 0.312 e. The number of hydrogen-bond donors (Lipinski definition) is 1. The molecular formula is C16H24N2. The van der Waals surface area contributed by atoms with Crippen LogP contribution in [0.4, 0.5) is 0 Å². The van der Waals surface area contributed by atoms with Crippen LogP contribution in [-0.4, -0.2) is 19.3 Å². The number of nitrogens with zero attached hydrogens (tertiary/aromatic N) is 1. The van der Waals surface area contributed by atoms with Crippen LogP contribution in [0.2, 0.25) is 0 Å². The molecule has 0 unspecified atom stereocenters. The van der Waals surface area contributed by atoms with E-state index in [-0.39, 0.29) is 0 Å². The number of benzene rings is 1. The highest BCUT2D eigenvalue weighted by atomic mass is 14.9. The number of rotatable bonds is 2. The molecular weight excluding hydrogens is 220 g/mol. The third-order valence-electron chi connectivity index (χ3n) is 2.99. The lowest BCUT2D eigenvalue weighted by Crippen LogP contribution is -2.23. The zero-order chi connectivity index (χ0) is 13.5. The first kappa shape index (κ1) is 14.7. The van der Waals surface area contributed by atoms with E-state index >= 15 is 0 Å². The second kappa shape index (κ2) is 7.12. The first-order chi connectivity index (χ1) is 8.72. The van der Waals surface area contributed by atoms with E-state index in [1.165, 1.54) is 16.7 Å². The predicted molar refractivity (Wildman–Crippen MR) is 80.5 cm³/mol. The van der Waals surface area contributed by atoms with Crippen molar-refractivity contribution in [1.82, 2.24) is 5.32 Å². The Balaban J connectivity index is 0.000000771. The van der Waals surface area contributed by atoms with Crippen molar-refractivity contribution in [3.05, 3.63) is 47.0 Å². The maximum absolute atomic E-state index is 4.31. The molecule has 18 heavy (non-hydrogen) atoms. The van der Waals surface area contributed by atoms with Gasteiger partial charge in [0.05, 0.1) is 5.71 Å². The van der Waals surface area contributed by atoms with Crippen LogP contribution in [0.1, 0.15) is 37.5 Å². The van der Waals surface area contributed by atoms with Gasteiger partial charge in [-0.05, 0) is 42.7 Å². The van der Waals surface area contributed by atoms with Crippen LogP contribution in [0, 0.1) is 0 Å². The minimum atomic E-state index is 0.987. The fraction of sp³-hybridized carbons (Fsp3) is 0.438. The lowest BCUT2D eigenvalue weighted by Gasteiger charge is -2.18. The van der Waals surface area contributed by atoms with E-state index in [1.54, 1.807) is 0 Å². The SMILES string of the molecule is C=C(C)C(=NC)c1ccc2c(c1)CCNC2.CC. The molecule has 1 aliphatic heterocycles. The van der Waals surface area contributed by atoms with Crippen LogP contribution >= 0.6 is 0 Å². The average Bonchev–Trinajstić information content (AvgIpc) is 2.41. The fourth-order valence-electron chi connectivity index (χ4n) is 2.19. The molecule has 1 heterocycles. The monoisotopic (exact) mass is 244 g/mol. The summed E-state index contributed by atoms with van der Waals surface area (Å²) in [7, 11) is 1.82. The summed E-state index contributed by atoms with van der Waals surface area (Å²) in [5.41, 5.74) is 6.08. The number of hydrogen-bond acceptors (Lipinski definition) is 2. The molecule has 0 amide bonds. The van der Waals surface area contributed by atoms with Gasteiger partial charge in [-0.25, -0.2) is 0 Å². The Bertz CT molecular complexity index is 444. The second-order valence-electron chi connectivity index (χ2n) is 4.26. The van der Waals surface area contributed by atoms with E-state index in [9.17, 15) is 0 Å². The summed E-state index contributed by atoms with van der Waals surface area (Å²) in [6, 6.07) is 6.60. The topological polar surface area (TPSA) is 24.4 Å². The second-order valence-corrected chi connectivity index (χ2v) is 4.26. The Kier molecular flexibility index (Phi) is 5.79. The van der Waals surface area contributed by atoms with E-state index in [4.69, 9.17) is 0 Å². The maximum atomic E-state index is 4.31. The van der Waals surface area contributed by atoms with E-state index in [0.29, 0.717) is 0 Å². The molecule has 0 aromatic heterocycles. The van der Waals surface area contributed by atoms with Crippen LogP contribution in [-0.2, 0) is 13.0 Å². The van der Waals surface area contributed by atoms with Gasteiger partial charge in [0.2, 0.25) is 0 Å². The molecule has 1 N–H and O–H groups in total. The van der Waals surface area contributed by atoms with Gasteiger partial charge >= 0.3 is 0 Å². The highest BCUT2D eigenvalue weighted by molar-refractivity contribution is 6.11. The van der Waals surface area contributed by atoms with Gasteiger partial charge in [0, 0.05) is 19.2 Å². The quantitative estimate of drug-likeness (QED) is 0.793. The Morgan fingerprint density at radius 1 is 1.28 bits per heavy atom. The van der Waals surface area contributed by atoms with Gasteiger partial charge in [-0.2, -0.15) is 0 Å². The summed E-state index contributed by atoms with van der Waals surface area (Å²) in [5, 5.41) is 3.38. The summed E-state index contributed by atoms with van der Waals surface area (Å²) < 4.78 is 0. The molecule has 0 bridgehead atoms. The first-order valence-electron chi connectivity index (χ1n) is 6.68. The standard InChI is InChI=1S/C14H18N2.C2H6/c1-10(2)14(15-3)12-4-5-13-9-16-7-6-11(13)8-12;1-2/h4-5,8,16H,1,6-7,9H2,2-3H3;1-2H3. The van der Waals surface area contributed by atoms with Crippen molar-refractivity contribution < 1.29 is 0 Å². The molecule has 0 spiro atoms. The van der Waals surface area contributed by atoms with Crippen LogP contribution < -0.4 is 5.32 Å². The van der Waals surface area contributed by atoms with Crippen molar-refractivity contribution in [3.63, 3.8) is 0 Å². The van der Waals surface area contributed by atoms with Gasteiger partial charge in [-0.15, -0.1) is 0 Å². The van der Waals surface area contributed by atoms with E-state index in [2.05, 4.69) is 35.1 Å². The van der Waals surface area contributed by atoms with Crippen molar-refractivity contribution in [3.8, 4) is 0 Å². The number of allylic oxidation sites excluding steroid dienone is 1. The Hall–Kier alpha value is -1.41. The molecule has 0 atom stereocenters. The molecule has 2 nitrogen and oxygen atoms in total. The molecule has 1 aromatic carbocycles. The zero-order valence-electron chi connectivity index (χ0n) is 12.0. The molecule has 2 heteroatoms. The molecule has 0 fully saturated rings. The molecule has 0 radical (unpaired) electrons. The van der Waals surface area contributed by atoms with Gasteiger partial charge in [0.15, 0.2) is 0 Å². The van der Waals surface area contributed by atoms with Gasteiger partial charge in [0.1, 0.15) is 0 Å². The number of nitrogens with one attached hydrogen (secondary N) is 1. The van der Waals surface area contributed by atoms with Crippen molar-refractivity contribution in [2.75, 3.05) is 13.6 Å². The van der Waals surface area contributed by atoms with Crippen LogP contribution in [0.15, 0.2) is 35.3 Å². The molecule has 0 saturated carbocycles. The minimum absolute atomic E-state index is 0.987. The summed E-state index contributed by atoms with van der Waals surface area (Å²) in [4.78, 5) is 4.31. The average molecular weight is 244 g/mol. The molecule has 0 saturated heterocycles. The zero-order valence-corrected chi connectivity index (χ0v) is 12.0. The lowest BCUT2D eigenvalue weighted by atomic mass is 9.95. The molecule has 0 aliphatic carbocycles. The van der Waals surface area contributed by atoms with Crippen LogP contribution in [0.5, 0.6) is 0 Å². The van der Waals surface area contributed by atoms with Crippen molar-refractivity contribution in [1.29, 1.82) is 0 Å². The molecule has 98 valence electrons. The Morgan fingerprint density at radius 2 is 2.00 bits per heavy atom. The van der Waals surface area contributed by atoms with Gasteiger partial charge < -0.3 is 5.32 Å². The van der Waals surface area contributed by atoms with Crippen LogP contribution in [0.3, 0.4) is 0 Å². The number of fused-ring (bicyclic) bond motifs is 1. The summed E-state index contributed by atoms with van der Waals surface area (Å²) in [5.74, 6) is 0. The fourth-order valence-corrected chi connectivity index (χ4v) is 2.19. The highest BCUT2D eigenvalue weighted by Gasteiger charge is 2.11. The van der Waals surface area contributed by atoms with Crippen LogP contribution in [0.25, 0.3) is 0 Å². The van der Waals surface area contributed by atoms with E-state index in [0.717, 1.165) is 30.8 Å². The van der Waals surface area contributed by atoms with E-state index < -0.39 is 0 Å². The Morgan fingerprint density at radius 3 is 2.61 bits per heavy atom. The minimum Gasteiger partial charge on any atom is -0.312 e. The summed E-state index contributed by atoms with van der Waals surface area (Å²) in [6.45, 7) is 12.0.